The van der Waals surface area contributed by atoms with Gasteiger partial charge in [0.15, 0.2) is 0 Å². The van der Waals surface area contributed by atoms with Crippen molar-refractivity contribution in [3.8, 4) is 0 Å². The van der Waals surface area contributed by atoms with Crippen LogP contribution in [-0.4, -0.2) is 26.8 Å². The van der Waals surface area contributed by atoms with E-state index in [2.05, 4.69) is 10.4 Å². The first-order chi connectivity index (χ1) is 9.49. The van der Waals surface area contributed by atoms with Crippen molar-refractivity contribution in [2.75, 3.05) is 6.54 Å². The largest absolute Gasteiger partial charge is 0.350 e. The van der Waals surface area contributed by atoms with E-state index in [1.54, 1.807) is 19.3 Å². The molecule has 0 aliphatic rings. The van der Waals surface area contributed by atoms with Gasteiger partial charge >= 0.3 is 0 Å². The Bertz CT molecular complexity index is 685. The molecule has 1 amide bonds. The Morgan fingerprint density at radius 3 is 2.80 bits per heavy atom. The molecule has 0 aliphatic heterocycles. The first kappa shape index (κ1) is 14.0. The second-order valence-electron chi connectivity index (χ2n) is 4.74. The summed E-state index contributed by atoms with van der Waals surface area (Å²) < 4.78 is 3.22. The molecule has 1 N–H and O–H groups in total. The Morgan fingerprint density at radius 1 is 1.40 bits per heavy atom. The van der Waals surface area contributed by atoms with E-state index in [1.165, 1.54) is 10.6 Å². The second kappa shape index (κ2) is 5.73. The van der Waals surface area contributed by atoms with E-state index >= 15 is 0 Å². The number of amides is 1. The van der Waals surface area contributed by atoms with Gasteiger partial charge in [-0.15, -0.1) is 0 Å². The van der Waals surface area contributed by atoms with Crippen LogP contribution in [-0.2, 0) is 13.6 Å². The van der Waals surface area contributed by atoms with Gasteiger partial charge in [-0.1, -0.05) is 0 Å². The molecular formula is C14H18N4O2. The minimum Gasteiger partial charge on any atom is -0.350 e. The molecule has 2 heterocycles. The van der Waals surface area contributed by atoms with Crippen LogP contribution in [0.3, 0.4) is 0 Å². The topological polar surface area (TPSA) is 68.9 Å². The third-order valence-corrected chi connectivity index (χ3v) is 3.08. The Morgan fingerprint density at radius 2 is 2.15 bits per heavy atom. The third-order valence-electron chi connectivity index (χ3n) is 3.08. The Kier molecular flexibility index (Phi) is 4.02. The van der Waals surface area contributed by atoms with Gasteiger partial charge in [0.1, 0.15) is 5.56 Å². The number of aryl methyl sites for hydroxylation is 3. The summed E-state index contributed by atoms with van der Waals surface area (Å²) in [6.07, 6.45) is 1.62. The molecule has 0 atom stereocenters. The quantitative estimate of drug-likeness (QED) is 0.889. The smallest absolute Gasteiger partial charge is 0.263 e. The SMILES string of the molecule is Cc1cc(C)n(CCNC(=O)c2cccn(C)c2=O)n1. The van der Waals surface area contributed by atoms with Crippen molar-refractivity contribution in [1.82, 2.24) is 19.7 Å². The average molecular weight is 274 g/mol. The minimum absolute atomic E-state index is 0.156. The summed E-state index contributed by atoms with van der Waals surface area (Å²) in [6, 6.07) is 5.19. The van der Waals surface area contributed by atoms with Crippen LogP contribution in [0.5, 0.6) is 0 Å². The predicted molar refractivity (Wildman–Crippen MR) is 75.7 cm³/mol. The number of hydrogen-bond acceptors (Lipinski definition) is 3. The molecule has 20 heavy (non-hydrogen) atoms. The van der Waals surface area contributed by atoms with Crippen LogP contribution in [0.4, 0.5) is 0 Å². The lowest BCUT2D eigenvalue weighted by Crippen LogP contribution is -2.33. The summed E-state index contributed by atoms with van der Waals surface area (Å²) in [4.78, 5) is 23.7. The number of aromatic nitrogens is 3. The van der Waals surface area contributed by atoms with E-state index < -0.39 is 0 Å². The summed E-state index contributed by atoms with van der Waals surface area (Å²) in [6.45, 7) is 4.90. The molecule has 0 unspecified atom stereocenters. The number of nitrogens with one attached hydrogen (secondary N) is 1. The number of nitrogens with zero attached hydrogens (tertiary/aromatic N) is 3. The van der Waals surface area contributed by atoms with E-state index in [9.17, 15) is 9.59 Å². The number of carbonyl (C=O) groups excluding carboxylic acids is 1. The van der Waals surface area contributed by atoms with Gasteiger partial charge in [0.25, 0.3) is 11.5 Å². The summed E-state index contributed by atoms with van der Waals surface area (Å²) in [5, 5.41) is 7.05. The zero-order valence-corrected chi connectivity index (χ0v) is 11.9. The molecule has 0 aromatic carbocycles. The Labute approximate surface area is 117 Å². The summed E-state index contributed by atoms with van der Waals surface area (Å²) in [5.74, 6) is -0.354. The van der Waals surface area contributed by atoms with E-state index in [1.807, 2.05) is 24.6 Å². The van der Waals surface area contributed by atoms with Gasteiger partial charge in [-0.3, -0.25) is 14.3 Å². The first-order valence-corrected chi connectivity index (χ1v) is 6.44. The lowest BCUT2D eigenvalue weighted by Gasteiger charge is -2.07. The average Bonchev–Trinajstić information content (AvgIpc) is 2.71. The van der Waals surface area contributed by atoms with Crippen LogP contribution in [0, 0.1) is 13.8 Å². The zero-order chi connectivity index (χ0) is 14.7. The van der Waals surface area contributed by atoms with Crippen molar-refractivity contribution in [2.24, 2.45) is 7.05 Å². The maximum absolute atomic E-state index is 11.9. The predicted octanol–water partition coefficient (Wildman–Crippen LogP) is 0.629. The van der Waals surface area contributed by atoms with Gasteiger partial charge < -0.3 is 9.88 Å². The Balaban J connectivity index is 1.98. The van der Waals surface area contributed by atoms with Crippen molar-refractivity contribution in [2.45, 2.75) is 20.4 Å². The van der Waals surface area contributed by atoms with Crippen molar-refractivity contribution in [3.63, 3.8) is 0 Å². The molecule has 0 saturated carbocycles. The molecule has 6 heteroatoms. The molecule has 2 rings (SSSR count). The highest BCUT2D eigenvalue weighted by Gasteiger charge is 2.10. The molecule has 2 aromatic heterocycles. The molecule has 0 spiro atoms. The monoisotopic (exact) mass is 274 g/mol. The molecule has 2 aromatic rings. The van der Waals surface area contributed by atoms with Crippen LogP contribution < -0.4 is 10.9 Å². The maximum Gasteiger partial charge on any atom is 0.263 e. The lowest BCUT2D eigenvalue weighted by atomic mass is 10.2. The molecule has 0 bridgehead atoms. The Hall–Kier alpha value is -2.37. The number of hydrogen-bond donors (Lipinski definition) is 1. The van der Waals surface area contributed by atoms with Gasteiger partial charge in [-0.05, 0) is 32.0 Å². The number of pyridine rings is 1. The van der Waals surface area contributed by atoms with Gasteiger partial charge in [0.2, 0.25) is 0 Å². The van der Waals surface area contributed by atoms with E-state index in [-0.39, 0.29) is 17.0 Å². The van der Waals surface area contributed by atoms with Crippen molar-refractivity contribution >= 4 is 5.91 Å². The first-order valence-electron chi connectivity index (χ1n) is 6.44. The third kappa shape index (κ3) is 2.96. The second-order valence-corrected chi connectivity index (χ2v) is 4.74. The molecule has 0 fully saturated rings. The van der Waals surface area contributed by atoms with Crippen molar-refractivity contribution in [1.29, 1.82) is 0 Å². The van der Waals surface area contributed by atoms with Crippen LogP contribution in [0.15, 0.2) is 29.2 Å². The lowest BCUT2D eigenvalue weighted by molar-refractivity contribution is 0.0950. The van der Waals surface area contributed by atoms with Gasteiger partial charge in [-0.25, -0.2) is 0 Å². The van der Waals surface area contributed by atoms with Crippen LogP contribution in [0.2, 0.25) is 0 Å². The highest BCUT2D eigenvalue weighted by Crippen LogP contribution is 2.00. The van der Waals surface area contributed by atoms with E-state index in [0.29, 0.717) is 13.1 Å². The van der Waals surface area contributed by atoms with Crippen molar-refractivity contribution < 1.29 is 4.79 Å². The van der Waals surface area contributed by atoms with Crippen LogP contribution >= 0.6 is 0 Å². The number of carbonyl (C=O) groups is 1. The molecule has 0 radical (unpaired) electrons. The van der Waals surface area contributed by atoms with Crippen LogP contribution in [0.25, 0.3) is 0 Å². The van der Waals surface area contributed by atoms with E-state index in [0.717, 1.165) is 11.4 Å². The van der Waals surface area contributed by atoms with Gasteiger partial charge in [-0.2, -0.15) is 5.10 Å². The number of rotatable bonds is 4. The molecule has 106 valence electrons. The summed E-state index contributed by atoms with van der Waals surface area (Å²) >= 11 is 0. The minimum atomic E-state index is -0.354. The van der Waals surface area contributed by atoms with E-state index in [4.69, 9.17) is 0 Å². The molecular weight excluding hydrogens is 256 g/mol. The summed E-state index contributed by atoms with van der Waals surface area (Å²) in [5.41, 5.74) is 1.86. The highest BCUT2D eigenvalue weighted by atomic mass is 16.2. The van der Waals surface area contributed by atoms with Crippen LogP contribution in [0.1, 0.15) is 21.7 Å². The molecule has 6 nitrogen and oxygen atoms in total. The zero-order valence-electron chi connectivity index (χ0n) is 11.9. The fourth-order valence-corrected chi connectivity index (χ4v) is 2.04. The van der Waals surface area contributed by atoms with Gasteiger partial charge in [0.05, 0.1) is 12.2 Å². The fraction of sp³-hybridized carbons (Fsp3) is 0.357. The summed E-state index contributed by atoms with van der Waals surface area (Å²) in [7, 11) is 1.62. The molecule has 0 aliphatic carbocycles. The highest BCUT2D eigenvalue weighted by molar-refractivity contribution is 5.93. The fourth-order valence-electron chi connectivity index (χ4n) is 2.04. The molecule has 0 saturated heterocycles. The normalized spacial score (nSPS) is 10.6. The maximum atomic E-state index is 11.9. The standard InChI is InChI=1S/C14H18N4O2/c1-10-9-11(2)18(16-10)8-6-15-13(19)12-5-4-7-17(3)14(12)20/h4-5,7,9H,6,8H2,1-3H3,(H,15,19). The van der Waals surface area contributed by atoms with Crippen molar-refractivity contribution in [3.05, 3.63) is 51.7 Å². The van der Waals surface area contributed by atoms with Gasteiger partial charge in [0, 0.05) is 25.5 Å².